The second kappa shape index (κ2) is 6.85. The third-order valence-corrected chi connectivity index (χ3v) is 5.62. The topological polar surface area (TPSA) is 179 Å². The summed E-state index contributed by atoms with van der Waals surface area (Å²) in [4.78, 5) is 0. The lowest BCUT2D eigenvalue weighted by Gasteiger charge is -2.39. The van der Waals surface area contributed by atoms with Crippen LogP contribution in [0.1, 0.15) is 11.1 Å². The molecule has 2 aromatic rings. The van der Waals surface area contributed by atoms with Gasteiger partial charge in [0.05, 0.1) is 17.6 Å². The minimum Gasteiger partial charge on any atom is -0.508 e. The van der Waals surface area contributed by atoms with E-state index in [4.69, 9.17) is 18.9 Å². The van der Waals surface area contributed by atoms with Crippen LogP contribution >= 0.6 is 0 Å². The molecule has 0 aliphatic carbocycles. The number of aromatic hydroxyl groups is 1. The van der Waals surface area contributed by atoms with Crippen molar-refractivity contribution in [1.29, 1.82) is 0 Å². The number of ether oxygens (including phenoxy) is 4. The zero-order valence-electron chi connectivity index (χ0n) is 15.9. The molecule has 0 bridgehead atoms. The van der Waals surface area contributed by atoms with E-state index in [0.29, 0.717) is 16.3 Å². The number of aliphatic hydroxyl groups is 6. The molecule has 5 rings (SSSR count). The molecule has 11 nitrogen and oxygen atoms in total. The average molecular weight is 436 g/mol. The number of aliphatic hydroxyl groups excluding tert-OH is 5. The van der Waals surface area contributed by atoms with E-state index in [1.807, 2.05) is 0 Å². The van der Waals surface area contributed by atoms with Crippen molar-refractivity contribution in [3.05, 3.63) is 35.3 Å². The number of phenols is 1. The van der Waals surface area contributed by atoms with E-state index in [1.54, 1.807) is 6.07 Å². The summed E-state index contributed by atoms with van der Waals surface area (Å²) in [6.45, 7) is -0.944. The first-order chi connectivity index (χ1) is 14.7. The molecule has 3 heterocycles. The predicted molar refractivity (Wildman–Crippen MR) is 101 cm³/mol. The van der Waals surface area contributed by atoms with Crippen LogP contribution in [-0.2, 0) is 15.3 Å². The first-order valence-corrected chi connectivity index (χ1v) is 9.48. The van der Waals surface area contributed by atoms with E-state index in [9.17, 15) is 35.7 Å². The maximum atomic E-state index is 10.8. The van der Waals surface area contributed by atoms with Gasteiger partial charge < -0.3 is 54.7 Å². The second-order valence-corrected chi connectivity index (χ2v) is 7.68. The normalized spacial score (nSPS) is 34.0. The molecular weight excluding hydrogens is 416 g/mol. The van der Waals surface area contributed by atoms with Crippen LogP contribution in [0.3, 0.4) is 0 Å². The summed E-state index contributed by atoms with van der Waals surface area (Å²) in [6, 6.07) is 4.21. The van der Waals surface area contributed by atoms with Crippen LogP contribution in [0.15, 0.2) is 24.1 Å². The molecule has 31 heavy (non-hydrogen) atoms. The standard InChI is InChI=1S/C20H20O11/c21-5-11-15(24)16(25)17(26)19(30-11)29-10-4-9(22)2-7-1-8-3-12(23)31-20(27)6-28-18(13(7)10)14(8)20/h1-4,11,15-17,19,21-27H,5-6H2/t11-,15-,16-,17-,19-,20+/m1/s1. The molecule has 0 spiro atoms. The van der Waals surface area contributed by atoms with Crippen LogP contribution in [0.4, 0.5) is 0 Å². The zero-order chi connectivity index (χ0) is 22.1. The Hall–Kier alpha value is -2.80. The molecule has 0 amide bonds. The number of benzene rings is 2. The third-order valence-electron chi connectivity index (χ3n) is 5.62. The molecule has 2 aromatic carbocycles. The molecule has 166 valence electrons. The van der Waals surface area contributed by atoms with Gasteiger partial charge >= 0.3 is 0 Å². The van der Waals surface area contributed by atoms with Crippen molar-refractivity contribution in [2.75, 3.05) is 13.2 Å². The Kier molecular flexibility index (Phi) is 4.45. The molecule has 3 aliphatic heterocycles. The Morgan fingerprint density at radius 2 is 1.84 bits per heavy atom. The minimum absolute atomic E-state index is 0.0137. The second-order valence-electron chi connectivity index (χ2n) is 7.68. The van der Waals surface area contributed by atoms with Crippen molar-refractivity contribution in [3.63, 3.8) is 0 Å². The summed E-state index contributed by atoms with van der Waals surface area (Å²) in [7, 11) is 0. The van der Waals surface area contributed by atoms with Gasteiger partial charge in [0.25, 0.3) is 11.7 Å². The Morgan fingerprint density at radius 3 is 2.58 bits per heavy atom. The summed E-state index contributed by atoms with van der Waals surface area (Å²) in [5.74, 6) is -2.45. The van der Waals surface area contributed by atoms with E-state index in [1.165, 1.54) is 18.2 Å². The van der Waals surface area contributed by atoms with E-state index in [2.05, 4.69) is 0 Å². The Bertz CT molecular complexity index is 1080. The van der Waals surface area contributed by atoms with Crippen molar-refractivity contribution in [2.45, 2.75) is 36.5 Å². The molecule has 11 heteroatoms. The summed E-state index contributed by atoms with van der Waals surface area (Å²) in [5.41, 5.74) is 0.665. The molecule has 7 N–H and O–H groups in total. The highest BCUT2D eigenvalue weighted by Crippen LogP contribution is 2.51. The monoisotopic (exact) mass is 436 g/mol. The average Bonchev–Trinajstić information content (AvgIpc) is 3.05. The van der Waals surface area contributed by atoms with Gasteiger partial charge in [-0.15, -0.1) is 0 Å². The number of phenolic OH excluding ortho intramolecular Hbond substituents is 1. The maximum Gasteiger partial charge on any atom is 0.280 e. The fourth-order valence-electron chi connectivity index (χ4n) is 4.18. The van der Waals surface area contributed by atoms with Gasteiger partial charge in [0.1, 0.15) is 41.7 Å². The summed E-state index contributed by atoms with van der Waals surface area (Å²) in [5, 5.41) is 71.1. The molecule has 6 atom stereocenters. The summed E-state index contributed by atoms with van der Waals surface area (Å²) < 4.78 is 21.9. The van der Waals surface area contributed by atoms with E-state index < -0.39 is 49.0 Å². The summed E-state index contributed by atoms with van der Waals surface area (Å²) >= 11 is 0. The lowest BCUT2D eigenvalue weighted by Crippen LogP contribution is -2.60. The van der Waals surface area contributed by atoms with Crippen molar-refractivity contribution in [2.24, 2.45) is 0 Å². The number of hydrogen-bond donors (Lipinski definition) is 7. The first-order valence-electron chi connectivity index (χ1n) is 9.48. The van der Waals surface area contributed by atoms with Crippen LogP contribution in [0.5, 0.6) is 17.2 Å². The Labute approximate surface area is 174 Å². The molecule has 0 saturated carbocycles. The predicted octanol–water partition coefficient (Wildman–Crippen LogP) is -0.852. The smallest absolute Gasteiger partial charge is 0.280 e. The van der Waals surface area contributed by atoms with Gasteiger partial charge in [-0.25, -0.2) is 0 Å². The SMILES string of the molecule is OC[C@H]1O[C@@H](Oc2cc(O)cc3cc4c5c(c23)OC[C@]5(O)OC(O)=C4)[C@H](O)[C@H](O)[C@@H]1O. The molecule has 3 aliphatic rings. The van der Waals surface area contributed by atoms with Gasteiger partial charge in [-0.2, -0.15) is 0 Å². The van der Waals surface area contributed by atoms with Gasteiger partial charge in [0, 0.05) is 12.1 Å². The van der Waals surface area contributed by atoms with Crippen LogP contribution < -0.4 is 9.47 Å². The van der Waals surface area contributed by atoms with Crippen LogP contribution in [0.2, 0.25) is 0 Å². The lowest BCUT2D eigenvalue weighted by atomic mass is 9.93. The minimum atomic E-state index is -1.92. The first kappa shape index (κ1) is 20.1. The van der Waals surface area contributed by atoms with Crippen molar-refractivity contribution in [3.8, 4) is 17.2 Å². The molecule has 0 radical (unpaired) electrons. The van der Waals surface area contributed by atoms with Gasteiger partial charge in [0.2, 0.25) is 6.29 Å². The number of fused-ring (bicyclic) bond motifs is 2. The van der Waals surface area contributed by atoms with E-state index in [-0.39, 0.29) is 29.4 Å². The fourth-order valence-corrected chi connectivity index (χ4v) is 4.18. The van der Waals surface area contributed by atoms with Gasteiger partial charge in [-0.3, -0.25) is 0 Å². The highest BCUT2D eigenvalue weighted by Gasteiger charge is 2.48. The van der Waals surface area contributed by atoms with Gasteiger partial charge in [-0.05, 0) is 23.1 Å². The van der Waals surface area contributed by atoms with Crippen molar-refractivity contribution < 1.29 is 54.7 Å². The maximum absolute atomic E-state index is 10.8. The highest BCUT2D eigenvalue weighted by atomic mass is 16.7. The quantitative estimate of drug-likeness (QED) is 0.319. The fraction of sp³-hybridized carbons (Fsp3) is 0.400. The lowest BCUT2D eigenvalue weighted by molar-refractivity contribution is -0.277. The third kappa shape index (κ3) is 2.97. The van der Waals surface area contributed by atoms with Crippen molar-refractivity contribution >= 4 is 16.8 Å². The molecule has 0 unspecified atom stereocenters. The molecule has 1 fully saturated rings. The molecule has 0 aromatic heterocycles. The molecular formula is C20H20O11. The largest absolute Gasteiger partial charge is 0.508 e. The number of hydrogen-bond acceptors (Lipinski definition) is 11. The highest BCUT2D eigenvalue weighted by molar-refractivity contribution is 5.99. The van der Waals surface area contributed by atoms with Gasteiger partial charge in [-0.1, -0.05) is 0 Å². The molecule has 1 saturated heterocycles. The van der Waals surface area contributed by atoms with E-state index in [0.717, 1.165) is 0 Å². The van der Waals surface area contributed by atoms with Gasteiger partial charge in [0.15, 0.2) is 6.61 Å². The number of rotatable bonds is 3. The Morgan fingerprint density at radius 1 is 1.06 bits per heavy atom. The Balaban J connectivity index is 1.63. The van der Waals surface area contributed by atoms with Crippen LogP contribution in [-0.4, -0.2) is 79.7 Å². The van der Waals surface area contributed by atoms with Crippen molar-refractivity contribution in [1.82, 2.24) is 0 Å². The summed E-state index contributed by atoms with van der Waals surface area (Å²) in [6.07, 6.45) is -6.25. The zero-order valence-corrected chi connectivity index (χ0v) is 15.9. The van der Waals surface area contributed by atoms with Crippen LogP contribution in [0, 0.1) is 0 Å². The van der Waals surface area contributed by atoms with Crippen LogP contribution in [0.25, 0.3) is 16.8 Å². The van der Waals surface area contributed by atoms with E-state index >= 15 is 0 Å².